The number of hydrogen-bond acceptors (Lipinski definition) is 4. The van der Waals surface area contributed by atoms with Crippen LogP contribution in [0.2, 0.25) is 0 Å². The largest absolute Gasteiger partial charge is 0.496 e. The van der Waals surface area contributed by atoms with Gasteiger partial charge in [0.05, 0.1) is 19.6 Å². The summed E-state index contributed by atoms with van der Waals surface area (Å²) >= 11 is 1.69. The molecule has 0 aliphatic carbocycles. The molecule has 1 aliphatic heterocycles. The summed E-state index contributed by atoms with van der Waals surface area (Å²) in [6, 6.07) is 12.0. The quantitative estimate of drug-likeness (QED) is 0.885. The fourth-order valence-corrected chi connectivity index (χ4v) is 3.68. The number of carbonyl (C=O) groups is 1. The molecule has 0 radical (unpaired) electrons. The van der Waals surface area contributed by atoms with Gasteiger partial charge in [0.2, 0.25) is 5.91 Å². The van der Waals surface area contributed by atoms with Crippen molar-refractivity contribution in [2.24, 2.45) is 5.92 Å². The summed E-state index contributed by atoms with van der Waals surface area (Å²) in [5.74, 6) is 1.15. The molecular weight excluding hydrogens is 308 g/mol. The Morgan fingerprint density at radius 3 is 2.87 bits per heavy atom. The van der Waals surface area contributed by atoms with E-state index in [1.807, 2.05) is 35.2 Å². The third-order valence-corrected chi connectivity index (χ3v) is 5.06. The van der Waals surface area contributed by atoms with Crippen LogP contribution in [0.1, 0.15) is 16.9 Å². The van der Waals surface area contributed by atoms with Crippen LogP contribution in [0.25, 0.3) is 0 Å². The molecule has 0 spiro atoms. The van der Waals surface area contributed by atoms with E-state index in [0.29, 0.717) is 13.1 Å². The third-order valence-electron chi connectivity index (χ3n) is 4.20. The summed E-state index contributed by atoms with van der Waals surface area (Å²) in [6.07, 6.45) is 0.922. The molecule has 1 aromatic heterocycles. The molecule has 4 nitrogen and oxygen atoms in total. The minimum absolute atomic E-state index is 0.0877. The summed E-state index contributed by atoms with van der Waals surface area (Å²) in [6.45, 7) is 2.95. The van der Waals surface area contributed by atoms with Gasteiger partial charge in [-0.2, -0.15) is 0 Å². The molecule has 0 saturated carbocycles. The number of hydrogen-bond donors (Lipinski definition) is 1. The Kier molecular flexibility index (Phi) is 5.31. The van der Waals surface area contributed by atoms with Gasteiger partial charge < -0.3 is 15.0 Å². The van der Waals surface area contributed by atoms with Crippen LogP contribution in [-0.4, -0.2) is 31.0 Å². The van der Waals surface area contributed by atoms with Crippen LogP contribution in [-0.2, 0) is 17.9 Å². The van der Waals surface area contributed by atoms with Crippen molar-refractivity contribution in [1.29, 1.82) is 0 Å². The molecular formula is C18H22N2O2S. The number of methoxy groups -OCH3 is 1. The van der Waals surface area contributed by atoms with Crippen molar-refractivity contribution in [3.05, 3.63) is 52.2 Å². The van der Waals surface area contributed by atoms with E-state index in [9.17, 15) is 4.79 Å². The normalized spacial score (nSPS) is 17.2. The van der Waals surface area contributed by atoms with Crippen molar-refractivity contribution in [2.45, 2.75) is 19.5 Å². The average molecular weight is 330 g/mol. The molecule has 1 aliphatic rings. The first-order valence-electron chi connectivity index (χ1n) is 7.91. The number of ether oxygens (including phenoxy) is 1. The number of rotatable bonds is 6. The Morgan fingerprint density at radius 2 is 2.17 bits per heavy atom. The molecule has 1 unspecified atom stereocenters. The van der Waals surface area contributed by atoms with Crippen LogP contribution in [0.5, 0.6) is 5.75 Å². The van der Waals surface area contributed by atoms with E-state index in [2.05, 4.69) is 16.8 Å². The van der Waals surface area contributed by atoms with E-state index in [0.717, 1.165) is 30.8 Å². The molecule has 1 saturated heterocycles. The topological polar surface area (TPSA) is 41.6 Å². The summed E-state index contributed by atoms with van der Waals surface area (Å²) in [5, 5.41) is 5.34. The van der Waals surface area contributed by atoms with Gasteiger partial charge in [0.1, 0.15) is 5.75 Å². The number of nitrogens with one attached hydrogen (secondary N) is 1. The number of carbonyl (C=O) groups excluding carboxylic acids is 1. The highest BCUT2D eigenvalue weighted by atomic mass is 32.1. The van der Waals surface area contributed by atoms with E-state index in [1.165, 1.54) is 4.88 Å². The predicted molar refractivity (Wildman–Crippen MR) is 92.5 cm³/mol. The molecule has 1 amide bonds. The molecule has 1 atom stereocenters. The van der Waals surface area contributed by atoms with E-state index in [4.69, 9.17) is 4.74 Å². The molecule has 1 N–H and O–H groups in total. The van der Waals surface area contributed by atoms with E-state index in [1.54, 1.807) is 18.4 Å². The summed E-state index contributed by atoms with van der Waals surface area (Å²) < 4.78 is 5.44. The third kappa shape index (κ3) is 3.92. The van der Waals surface area contributed by atoms with Gasteiger partial charge in [-0.15, -0.1) is 11.3 Å². The predicted octanol–water partition coefficient (Wildman–Crippen LogP) is 2.90. The summed E-state index contributed by atoms with van der Waals surface area (Å²) in [4.78, 5) is 16.1. The maximum atomic E-state index is 12.9. The van der Waals surface area contributed by atoms with Gasteiger partial charge in [-0.25, -0.2) is 0 Å². The highest BCUT2D eigenvalue weighted by Crippen LogP contribution is 2.23. The average Bonchev–Trinajstić information content (AvgIpc) is 3.27. The van der Waals surface area contributed by atoms with Crippen LogP contribution in [0, 0.1) is 5.92 Å². The maximum absolute atomic E-state index is 12.9. The lowest BCUT2D eigenvalue weighted by Gasteiger charge is -2.26. The molecule has 1 aromatic carbocycles. The number of benzene rings is 1. The van der Waals surface area contributed by atoms with Crippen molar-refractivity contribution in [3.8, 4) is 5.75 Å². The molecule has 3 rings (SSSR count). The first-order chi connectivity index (χ1) is 11.3. The van der Waals surface area contributed by atoms with Gasteiger partial charge in [-0.1, -0.05) is 24.3 Å². The Morgan fingerprint density at radius 1 is 1.30 bits per heavy atom. The number of amides is 1. The fourth-order valence-electron chi connectivity index (χ4n) is 2.97. The number of nitrogens with zero attached hydrogens (tertiary/aromatic N) is 1. The molecule has 1 fully saturated rings. The molecule has 0 bridgehead atoms. The van der Waals surface area contributed by atoms with Crippen molar-refractivity contribution in [2.75, 3.05) is 20.2 Å². The monoisotopic (exact) mass is 330 g/mol. The minimum Gasteiger partial charge on any atom is -0.496 e. The Labute approximate surface area is 141 Å². The van der Waals surface area contributed by atoms with Crippen LogP contribution >= 0.6 is 11.3 Å². The van der Waals surface area contributed by atoms with Gasteiger partial charge in [0.15, 0.2) is 0 Å². The molecule has 23 heavy (non-hydrogen) atoms. The van der Waals surface area contributed by atoms with Gasteiger partial charge in [0, 0.05) is 23.5 Å². The summed E-state index contributed by atoms with van der Waals surface area (Å²) in [5.41, 5.74) is 1.05. The Balaban J connectivity index is 1.80. The van der Waals surface area contributed by atoms with E-state index in [-0.39, 0.29) is 11.8 Å². The molecule has 2 aromatic rings. The fraction of sp³-hybridized carbons (Fsp3) is 0.389. The smallest absolute Gasteiger partial charge is 0.227 e. The Bertz CT molecular complexity index is 636. The minimum atomic E-state index is 0.0877. The van der Waals surface area contributed by atoms with Crippen molar-refractivity contribution >= 4 is 17.2 Å². The zero-order chi connectivity index (χ0) is 16.1. The van der Waals surface area contributed by atoms with Gasteiger partial charge in [0.25, 0.3) is 0 Å². The summed E-state index contributed by atoms with van der Waals surface area (Å²) in [7, 11) is 1.67. The second-order valence-corrected chi connectivity index (χ2v) is 6.81. The first kappa shape index (κ1) is 16.0. The van der Waals surface area contributed by atoms with Crippen molar-refractivity contribution in [3.63, 3.8) is 0 Å². The Hall–Kier alpha value is -1.85. The second-order valence-electron chi connectivity index (χ2n) is 5.78. The highest BCUT2D eigenvalue weighted by Gasteiger charge is 2.28. The standard InChI is InChI=1S/C18H22N2O2S/c1-22-17-7-3-2-5-15(17)12-20(13-16-6-4-10-23-16)18(21)14-8-9-19-11-14/h2-7,10,14,19H,8-9,11-13H2,1H3. The lowest BCUT2D eigenvalue weighted by atomic mass is 10.1. The van der Waals surface area contributed by atoms with Crippen molar-refractivity contribution in [1.82, 2.24) is 10.2 Å². The first-order valence-corrected chi connectivity index (χ1v) is 8.79. The van der Waals surface area contributed by atoms with Crippen LogP contribution in [0.3, 0.4) is 0 Å². The van der Waals surface area contributed by atoms with E-state index < -0.39 is 0 Å². The van der Waals surface area contributed by atoms with Gasteiger partial charge in [-0.05, 0) is 30.5 Å². The molecule has 2 heterocycles. The zero-order valence-corrected chi connectivity index (χ0v) is 14.1. The molecule has 122 valence electrons. The molecule has 5 heteroatoms. The van der Waals surface area contributed by atoms with E-state index >= 15 is 0 Å². The van der Waals surface area contributed by atoms with Crippen LogP contribution < -0.4 is 10.1 Å². The lowest BCUT2D eigenvalue weighted by molar-refractivity contribution is -0.136. The number of thiophene rings is 1. The lowest BCUT2D eigenvalue weighted by Crippen LogP contribution is -2.36. The second kappa shape index (κ2) is 7.62. The van der Waals surface area contributed by atoms with Gasteiger partial charge in [-0.3, -0.25) is 4.79 Å². The van der Waals surface area contributed by atoms with Crippen LogP contribution in [0.15, 0.2) is 41.8 Å². The highest BCUT2D eigenvalue weighted by molar-refractivity contribution is 7.09. The number of para-hydroxylation sites is 1. The van der Waals surface area contributed by atoms with Crippen molar-refractivity contribution < 1.29 is 9.53 Å². The maximum Gasteiger partial charge on any atom is 0.227 e. The SMILES string of the molecule is COc1ccccc1CN(Cc1cccs1)C(=O)C1CCNC1. The van der Waals surface area contributed by atoms with Crippen LogP contribution in [0.4, 0.5) is 0 Å². The zero-order valence-electron chi connectivity index (χ0n) is 13.3. The van der Waals surface area contributed by atoms with Gasteiger partial charge >= 0.3 is 0 Å².